The van der Waals surface area contributed by atoms with E-state index in [0.29, 0.717) is 6.54 Å². The fraction of sp³-hybridized carbons (Fsp3) is 0.364. The Morgan fingerprint density at radius 2 is 2.07 bits per heavy atom. The molecule has 3 heteroatoms. The number of nitrogens with one attached hydrogen (secondary N) is 2. The van der Waals surface area contributed by atoms with Crippen molar-refractivity contribution < 1.29 is 4.79 Å². The summed E-state index contributed by atoms with van der Waals surface area (Å²) in [5, 5.41) is 6.07. The predicted octanol–water partition coefficient (Wildman–Crippen LogP) is 1.40. The van der Waals surface area contributed by atoms with Gasteiger partial charge >= 0.3 is 0 Å². The molecule has 14 heavy (non-hydrogen) atoms. The number of rotatable bonds is 1. The van der Waals surface area contributed by atoms with Crippen molar-refractivity contribution in [3.05, 3.63) is 29.3 Å². The normalized spacial score (nSPS) is 15.1. The first kappa shape index (κ1) is 9.06. The van der Waals surface area contributed by atoms with Gasteiger partial charge in [0.05, 0.1) is 5.56 Å². The van der Waals surface area contributed by atoms with Gasteiger partial charge in [-0.05, 0) is 24.1 Å². The molecule has 0 aromatic heterocycles. The van der Waals surface area contributed by atoms with Gasteiger partial charge in [0.15, 0.2) is 0 Å². The first-order valence-electron chi connectivity index (χ1n) is 4.96. The summed E-state index contributed by atoms with van der Waals surface area (Å²) in [6.07, 6.45) is 0.959. The zero-order valence-corrected chi connectivity index (χ0v) is 8.26. The minimum Gasteiger partial charge on any atom is -0.383 e. The summed E-state index contributed by atoms with van der Waals surface area (Å²) in [6, 6.07) is 6.01. The van der Waals surface area contributed by atoms with E-state index in [1.54, 1.807) is 0 Å². The lowest BCUT2D eigenvalue weighted by Gasteiger charge is -2.07. The first-order chi connectivity index (χ1) is 6.81. The standard InChI is InChI=1S/C11H14N2O/c1-2-8-3-4-10-9(7-8)11(14)13-6-5-12-10/h3-4,7,12H,2,5-6H2,1H3,(H,13,14). The van der Waals surface area contributed by atoms with E-state index >= 15 is 0 Å². The van der Waals surface area contributed by atoms with Crippen LogP contribution in [0, 0.1) is 0 Å². The molecular weight excluding hydrogens is 176 g/mol. The van der Waals surface area contributed by atoms with Gasteiger partial charge in [0.25, 0.3) is 5.91 Å². The Morgan fingerprint density at radius 3 is 2.86 bits per heavy atom. The molecule has 0 bridgehead atoms. The zero-order valence-electron chi connectivity index (χ0n) is 8.26. The summed E-state index contributed by atoms with van der Waals surface area (Å²) < 4.78 is 0. The van der Waals surface area contributed by atoms with Crippen molar-refractivity contribution in [2.24, 2.45) is 0 Å². The first-order valence-corrected chi connectivity index (χ1v) is 4.96. The van der Waals surface area contributed by atoms with Gasteiger partial charge in [-0.15, -0.1) is 0 Å². The van der Waals surface area contributed by atoms with Gasteiger partial charge < -0.3 is 10.6 Å². The molecule has 1 amide bonds. The van der Waals surface area contributed by atoms with Gasteiger partial charge in [0.1, 0.15) is 0 Å². The third-order valence-electron chi connectivity index (χ3n) is 2.46. The van der Waals surface area contributed by atoms with E-state index in [9.17, 15) is 4.79 Å². The summed E-state index contributed by atoms with van der Waals surface area (Å²) in [4.78, 5) is 11.6. The maximum Gasteiger partial charge on any atom is 0.253 e. The molecule has 1 aliphatic heterocycles. The number of fused-ring (bicyclic) bond motifs is 1. The lowest BCUT2D eigenvalue weighted by Crippen LogP contribution is -2.24. The number of aryl methyl sites for hydroxylation is 1. The molecule has 1 aliphatic rings. The summed E-state index contributed by atoms with van der Waals surface area (Å²) in [7, 11) is 0. The van der Waals surface area contributed by atoms with Crippen molar-refractivity contribution in [2.75, 3.05) is 18.4 Å². The van der Waals surface area contributed by atoms with Gasteiger partial charge in [-0.2, -0.15) is 0 Å². The average Bonchev–Trinajstić information content (AvgIpc) is 2.40. The monoisotopic (exact) mass is 190 g/mol. The van der Waals surface area contributed by atoms with Crippen molar-refractivity contribution in [3.8, 4) is 0 Å². The Kier molecular flexibility index (Phi) is 2.39. The van der Waals surface area contributed by atoms with Gasteiger partial charge in [-0.1, -0.05) is 13.0 Å². The molecule has 1 heterocycles. The highest BCUT2D eigenvalue weighted by Crippen LogP contribution is 2.19. The van der Waals surface area contributed by atoms with E-state index in [0.717, 1.165) is 24.2 Å². The summed E-state index contributed by atoms with van der Waals surface area (Å²) in [5.74, 6) is 0.0281. The number of anilines is 1. The van der Waals surface area contributed by atoms with Crippen LogP contribution in [0.2, 0.25) is 0 Å². The van der Waals surface area contributed by atoms with E-state index < -0.39 is 0 Å². The van der Waals surface area contributed by atoms with Gasteiger partial charge in [-0.25, -0.2) is 0 Å². The van der Waals surface area contributed by atoms with Crippen LogP contribution < -0.4 is 10.6 Å². The van der Waals surface area contributed by atoms with Crippen LogP contribution in [0.1, 0.15) is 22.8 Å². The number of hydrogen-bond donors (Lipinski definition) is 2. The van der Waals surface area contributed by atoms with Crippen LogP contribution in [0.5, 0.6) is 0 Å². The number of amides is 1. The zero-order chi connectivity index (χ0) is 9.97. The Labute approximate surface area is 83.5 Å². The van der Waals surface area contributed by atoms with Crippen LogP contribution in [0.3, 0.4) is 0 Å². The molecule has 3 nitrogen and oxygen atoms in total. The second kappa shape index (κ2) is 3.70. The largest absolute Gasteiger partial charge is 0.383 e. The van der Waals surface area contributed by atoms with E-state index in [-0.39, 0.29) is 5.91 Å². The highest BCUT2D eigenvalue weighted by Gasteiger charge is 2.14. The minimum atomic E-state index is 0.0281. The SMILES string of the molecule is CCc1ccc2c(c1)C(=O)NCCN2. The van der Waals surface area contributed by atoms with Gasteiger partial charge in [0.2, 0.25) is 0 Å². The lowest BCUT2D eigenvalue weighted by atomic mass is 10.1. The molecule has 1 aromatic rings. The van der Waals surface area contributed by atoms with Crippen molar-refractivity contribution in [1.82, 2.24) is 5.32 Å². The average molecular weight is 190 g/mol. The number of hydrogen-bond acceptors (Lipinski definition) is 2. The molecule has 74 valence electrons. The van der Waals surface area contributed by atoms with Crippen molar-refractivity contribution in [3.63, 3.8) is 0 Å². The van der Waals surface area contributed by atoms with E-state index in [4.69, 9.17) is 0 Å². The van der Waals surface area contributed by atoms with Crippen LogP contribution in [0.15, 0.2) is 18.2 Å². The Balaban J connectivity index is 2.44. The molecular formula is C11H14N2O. The molecule has 0 aliphatic carbocycles. The Hall–Kier alpha value is -1.51. The van der Waals surface area contributed by atoms with Crippen LogP contribution in [0.25, 0.3) is 0 Å². The van der Waals surface area contributed by atoms with Crippen LogP contribution in [-0.2, 0) is 6.42 Å². The fourth-order valence-electron chi connectivity index (χ4n) is 1.62. The van der Waals surface area contributed by atoms with E-state index in [1.807, 2.05) is 12.1 Å². The second-order valence-corrected chi connectivity index (χ2v) is 3.42. The maximum atomic E-state index is 11.6. The van der Waals surface area contributed by atoms with Crippen LogP contribution in [-0.4, -0.2) is 19.0 Å². The van der Waals surface area contributed by atoms with Crippen molar-refractivity contribution in [2.45, 2.75) is 13.3 Å². The lowest BCUT2D eigenvalue weighted by molar-refractivity contribution is 0.0958. The van der Waals surface area contributed by atoms with Crippen molar-refractivity contribution in [1.29, 1.82) is 0 Å². The molecule has 0 spiro atoms. The Morgan fingerprint density at radius 1 is 1.29 bits per heavy atom. The quantitative estimate of drug-likeness (QED) is 0.703. The summed E-state index contributed by atoms with van der Waals surface area (Å²) in [6.45, 7) is 3.57. The summed E-state index contributed by atoms with van der Waals surface area (Å²) >= 11 is 0. The highest BCUT2D eigenvalue weighted by molar-refractivity contribution is 6.00. The molecule has 0 saturated carbocycles. The smallest absolute Gasteiger partial charge is 0.253 e. The number of benzene rings is 1. The molecule has 2 N–H and O–H groups in total. The number of carbonyl (C=O) groups is 1. The molecule has 2 rings (SSSR count). The molecule has 0 atom stereocenters. The molecule has 0 saturated heterocycles. The van der Waals surface area contributed by atoms with Crippen LogP contribution in [0.4, 0.5) is 5.69 Å². The third kappa shape index (κ3) is 1.58. The van der Waals surface area contributed by atoms with Crippen LogP contribution >= 0.6 is 0 Å². The second-order valence-electron chi connectivity index (χ2n) is 3.42. The molecule has 0 radical (unpaired) electrons. The predicted molar refractivity (Wildman–Crippen MR) is 56.6 cm³/mol. The van der Waals surface area contributed by atoms with E-state index in [2.05, 4.69) is 23.6 Å². The molecule has 1 aromatic carbocycles. The summed E-state index contributed by atoms with van der Waals surface area (Å²) in [5.41, 5.74) is 2.90. The highest BCUT2D eigenvalue weighted by atomic mass is 16.1. The van der Waals surface area contributed by atoms with E-state index in [1.165, 1.54) is 5.56 Å². The topological polar surface area (TPSA) is 41.1 Å². The third-order valence-corrected chi connectivity index (χ3v) is 2.46. The minimum absolute atomic E-state index is 0.0281. The van der Waals surface area contributed by atoms with Gasteiger partial charge in [0, 0.05) is 18.8 Å². The maximum absolute atomic E-state index is 11.6. The van der Waals surface area contributed by atoms with Gasteiger partial charge in [-0.3, -0.25) is 4.79 Å². The molecule has 0 unspecified atom stereocenters. The Bertz CT molecular complexity index is 360. The number of carbonyl (C=O) groups excluding carboxylic acids is 1. The van der Waals surface area contributed by atoms with Crippen molar-refractivity contribution >= 4 is 11.6 Å². The fourth-order valence-corrected chi connectivity index (χ4v) is 1.62. The molecule has 0 fully saturated rings.